The van der Waals surface area contributed by atoms with Gasteiger partial charge in [-0.15, -0.1) is 11.3 Å². The highest BCUT2D eigenvalue weighted by molar-refractivity contribution is 7.10. The molecule has 1 heterocycles. The molecule has 1 unspecified atom stereocenters. The maximum absolute atomic E-state index is 14.1. The lowest BCUT2D eigenvalue weighted by Gasteiger charge is -2.27. The van der Waals surface area contributed by atoms with Crippen LogP contribution in [-0.2, 0) is 0 Å². The van der Waals surface area contributed by atoms with Gasteiger partial charge in [-0.3, -0.25) is 0 Å². The summed E-state index contributed by atoms with van der Waals surface area (Å²) in [4.78, 5) is 3.11. The number of anilines is 1. The van der Waals surface area contributed by atoms with Crippen LogP contribution in [0.3, 0.4) is 0 Å². The summed E-state index contributed by atoms with van der Waals surface area (Å²) in [5, 5.41) is 11.5. The van der Waals surface area contributed by atoms with E-state index in [9.17, 15) is 9.50 Å². The number of hydrogen-bond acceptors (Lipinski definition) is 3. The van der Waals surface area contributed by atoms with Crippen LogP contribution >= 0.6 is 11.3 Å². The topological polar surface area (TPSA) is 23.5 Å². The Balaban J connectivity index is 2.26. The van der Waals surface area contributed by atoms with Gasteiger partial charge in [0.05, 0.1) is 17.8 Å². The van der Waals surface area contributed by atoms with Crippen molar-refractivity contribution in [3.63, 3.8) is 0 Å². The van der Waals surface area contributed by atoms with Gasteiger partial charge in [0.1, 0.15) is 5.82 Å². The number of halogens is 1. The molecule has 2 rings (SSSR count). The van der Waals surface area contributed by atoms with E-state index < -0.39 is 6.10 Å². The summed E-state index contributed by atoms with van der Waals surface area (Å²) in [5.41, 5.74) is 1.14. The van der Waals surface area contributed by atoms with E-state index in [-0.39, 0.29) is 11.9 Å². The van der Waals surface area contributed by atoms with Crippen LogP contribution in [0.25, 0.3) is 0 Å². The molecule has 1 N–H and O–H groups in total. The van der Waals surface area contributed by atoms with Crippen LogP contribution in [0, 0.1) is 5.82 Å². The normalized spacial score (nSPS) is 14.2. The van der Waals surface area contributed by atoms with Crippen molar-refractivity contribution in [2.75, 3.05) is 11.9 Å². The predicted molar refractivity (Wildman–Crippen MR) is 78.2 cm³/mol. The van der Waals surface area contributed by atoms with E-state index in [2.05, 4.69) is 0 Å². The third-order valence-corrected chi connectivity index (χ3v) is 4.41. The zero-order valence-corrected chi connectivity index (χ0v) is 12.1. The van der Waals surface area contributed by atoms with Gasteiger partial charge in [-0.1, -0.05) is 12.1 Å². The van der Waals surface area contributed by atoms with Gasteiger partial charge in [0.25, 0.3) is 0 Å². The number of aliphatic hydroxyl groups excluding tert-OH is 1. The van der Waals surface area contributed by atoms with Crippen molar-refractivity contribution in [2.24, 2.45) is 0 Å². The molecule has 0 aliphatic rings. The van der Waals surface area contributed by atoms with Crippen molar-refractivity contribution in [1.29, 1.82) is 0 Å². The average molecular weight is 279 g/mol. The third kappa shape index (κ3) is 2.96. The first-order valence-electron chi connectivity index (χ1n) is 6.24. The first kappa shape index (κ1) is 14.0. The maximum Gasteiger partial charge on any atom is 0.146 e. The second-order valence-electron chi connectivity index (χ2n) is 4.69. The Bertz CT molecular complexity index is 539. The lowest BCUT2D eigenvalue weighted by molar-refractivity contribution is 0.199. The Morgan fingerprint density at radius 1 is 1.26 bits per heavy atom. The van der Waals surface area contributed by atoms with E-state index in [0.717, 1.165) is 0 Å². The van der Waals surface area contributed by atoms with Gasteiger partial charge in [-0.05, 0) is 43.0 Å². The minimum absolute atomic E-state index is 0.117. The van der Waals surface area contributed by atoms with Gasteiger partial charge in [0.2, 0.25) is 0 Å². The molecule has 2 atom stereocenters. The van der Waals surface area contributed by atoms with Crippen LogP contribution < -0.4 is 4.90 Å². The number of hydrogen-bond donors (Lipinski definition) is 1. The molecule has 0 fully saturated rings. The van der Waals surface area contributed by atoms with Crippen molar-refractivity contribution in [2.45, 2.75) is 26.0 Å². The molecule has 19 heavy (non-hydrogen) atoms. The summed E-state index contributed by atoms with van der Waals surface area (Å²) in [7, 11) is 1.88. The lowest BCUT2D eigenvalue weighted by atomic mass is 10.1. The summed E-state index contributed by atoms with van der Waals surface area (Å²) < 4.78 is 14.1. The standard InChI is InChI=1S/C15H18FNOS/c1-10(15-5-4-8-19-15)17(3)14-7-6-12(11(2)18)9-13(14)16/h4-11,18H,1-3H3/t10?,11-/m1/s1. The molecule has 4 heteroatoms. The van der Waals surface area contributed by atoms with E-state index in [0.29, 0.717) is 11.3 Å². The highest BCUT2D eigenvalue weighted by Gasteiger charge is 2.17. The first-order chi connectivity index (χ1) is 9.00. The van der Waals surface area contributed by atoms with Gasteiger partial charge < -0.3 is 10.0 Å². The van der Waals surface area contributed by atoms with Crippen LogP contribution in [0.15, 0.2) is 35.7 Å². The lowest BCUT2D eigenvalue weighted by Crippen LogP contribution is -2.22. The summed E-state index contributed by atoms with van der Waals surface area (Å²) in [6, 6.07) is 9.05. The van der Waals surface area contributed by atoms with Crippen LogP contribution in [0.5, 0.6) is 0 Å². The van der Waals surface area contributed by atoms with Gasteiger partial charge in [-0.25, -0.2) is 4.39 Å². The number of rotatable bonds is 4. The van der Waals surface area contributed by atoms with Gasteiger partial charge >= 0.3 is 0 Å². The molecule has 0 radical (unpaired) electrons. The predicted octanol–water partition coefficient (Wildman–Crippen LogP) is 4.14. The largest absolute Gasteiger partial charge is 0.389 e. The Hall–Kier alpha value is -1.39. The summed E-state index contributed by atoms with van der Waals surface area (Å²) in [6.45, 7) is 3.68. The van der Waals surface area contributed by atoms with E-state index in [1.807, 2.05) is 36.4 Å². The van der Waals surface area contributed by atoms with E-state index in [1.54, 1.807) is 30.4 Å². The van der Waals surface area contributed by atoms with Gasteiger partial charge in [-0.2, -0.15) is 0 Å². The Labute approximate surface area is 117 Å². The molecule has 0 aliphatic carbocycles. The molecule has 0 saturated carbocycles. The van der Waals surface area contributed by atoms with E-state index >= 15 is 0 Å². The molecule has 0 aliphatic heterocycles. The zero-order chi connectivity index (χ0) is 14.0. The molecule has 1 aromatic carbocycles. The summed E-state index contributed by atoms with van der Waals surface area (Å²) in [6.07, 6.45) is -0.649. The average Bonchev–Trinajstić information content (AvgIpc) is 2.90. The minimum Gasteiger partial charge on any atom is -0.389 e. The van der Waals surface area contributed by atoms with Crippen LogP contribution in [0.1, 0.15) is 36.4 Å². The fourth-order valence-corrected chi connectivity index (χ4v) is 2.82. The molecule has 102 valence electrons. The molecular weight excluding hydrogens is 261 g/mol. The number of thiophene rings is 1. The maximum atomic E-state index is 14.1. The van der Waals surface area contributed by atoms with Crippen molar-refractivity contribution in [3.05, 3.63) is 52.0 Å². The smallest absolute Gasteiger partial charge is 0.146 e. The number of nitrogens with zero attached hydrogens (tertiary/aromatic N) is 1. The third-order valence-electron chi connectivity index (χ3n) is 3.37. The highest BCUT2D eigenvalue weighted by atomic mass is 32.1. The molecule has 2 nitrogen and oxygen atoms in total. The Morgan fingerprint density at radius 3 is 2.53 bits per heavy atom. The monoisotopic (exact) mass is 279 g/mol. The number of benzene rings is 1. The molecule has 1 aromatic heterocycles. The van der Waals surface area contributed by atoms with E-state index in [4.69, 9.17) is 0 Å². The second-order valence-corrected chi connectivity index (χ2v) is 5.67. The Kier molecular flexibility index (Phi) is 4.22. The SMILES string of the molecule is CC(c1cccs1)N(C)c1ccc([C@@H](C)O)cc1F. The fraction of sp³-hybridized carbons (Fsp3) is 0.333. The molecule has 0 spiro atoms. The second kappa shape index (κ2) is 5.72. The summed E-state index contributed by atoms with van der Waals surface area (Å²) in [5.74, 6) is -0.302. The van der Waals surface area contributed by atoms with Crippen molar-refractivity contribution < 1.29 is 9.50 Å². The zero-order valence-electron chi connectivity index (χ0n) is 11.3. The molecular formula is C15H18FNOS. The van der Waals surface area contributed by atoms with Gasteiger partial charge in [0.15, 0.2) is 0 Å². The van der Waals surface area contributed by atoms with Crippen molar-refractivity contribution in [3.8, 4) is 0 Å². The van der Waals surface area contributed by atoms with Crippen molar-refractivity contribution in [1.82, 2.24) is 0 Å². The quantitative estimate of drug-likeness (QED) is 0.909. The first-order valence-corrected chi connectivity index (χ1v) is 7.12. The van der Waals surface area contributed by atoms with Crippen LogP contribution in [0.4, 0.5) is 10.1 Å². The molecule has 2 aromatic rings. The minimum atomic E-state index is -0.649. The molecule has 0 bridgehead atoms. The summed E-state index contributed by atoms with van der Waals surface area (Å²) >= 11 is 1.66. The Morgan fingerprint density at radius 2 is 2.00 bits per heavy atom. The highest BCUT2D eigenvalue weighted by Crippen LogP contribution is 2.30. The van der Waals surface area contributed by atoms with Gasteiger partial charge in [0, 0.05) is 11.9 Å². The fourth-order valence-electron chi connectivity index (χ4n) is 2.00. The van der Waals surface area contributed by atoms with Crippen LogP contribution in [-0.4, -0.2) is 12.2 Å². The molecule has 0 amide bonds. The van der Waals surface area contributed by atoms with Crippen molar-refractivity contribution >= 4 is 17.0 Å². The van der Waals surface area contributed by atoms with Crippen LogP contribution in [0.2, 0.25) is 0 Å². The number of aliphatic hydroxyl groups is 1. The molecule has 0 saturated heterocycles. The van der Waals surface area contributed by atoms with E-state index in [1.165, 1.54) is 10.9 Å².